The molecule has 138 valence electrons. The SMILES string of the molecule is C/C(=C\C[C@H](C)/C=C1\CN2CCC[C@@H]2[C@@](C)(O)[C@@H]1O)[C@H](O)[C@H](C)O. The predicted molar refractivity (Wildman–Crippen MR) is 94.5 cm³/mol. The third-order valence-corrected chi connectivity index (χ3v) is 5.56. The van der Waals surface area contributed by atoms with Crippen molar-refractivity contribution in [3.05, 3.63) is 23.3 Å². The maximum Gasteiger partial charge on any atom is 0.107 e. The summed E-state index contributed by atoms with van der Waals surface area (Å²) in [5.41, 5.74) is 0.535. The zero-order valence-electron chi connectivity index (χ0n) is 15.3. The van der Waals surface area contributed by atoms with Gasteiger partial charge in [-0.15, -0.1) is 0 Å². The van der Waals surface area contributed by atoms with Crippen molar-refractivity contribution < 1.29 is 20.4 Å². The third kappa shape index (κ3) is 4.09. The highest BCUT2D eigenvalue weighted by Crippen LogP contribution is 2.37. The van der Waals surface area contributed by atoms with E-state index in [0.717, 1.165) is 37.0 Å². The first-order valence-electron chi connectivity index (χ1n) is 9.02. The zero-order valence-corrected chi connectivity index (χ0v) is 15.3. The monoisotopic (exact) mass is 339 g/mol. The van der Waals surface area contributed by atoms with Crippen LogP contribution < -0.4 is 0 Å². The van der Waals surface area contributed by atoms with Gasteiger partial charge in [0.2, 0.25) is 0 Å². The Hall–Kier alpha value is -0.720. The van der Waals surface area contributed by atoms with Gasteiger partial charge in [-0.25, -0.2) is 0 Å². The molecule has 2 heterocycles. The Kier molecular flexibility index (Phi) is 6.26. The van der Waals surface area contributed by atoms with Crippen molar-refractivity contribution in [2.24, 2.45) is 5.92 Å². The van der Waals surface area contributed by atoms with Crippen molar-refractivity contribution in [2.75, 3.05) is 13.1 Å². The van der Waals surface area contributed by atoms with Gasteiger partial charge in [-0.1, -0.05) is 19.1 Å². The van der Waals surface area contributed by atoms with Crippen molar-refractivity contribution in [3.63, 3.8) is 0 Å². The minimum Gasteiger partial charge on any atom is -0.390 e. The number of hydrogen-bond donors (Lipinski definition) is 4. The fourth-order valence-electron chi connectivity index (χ4n) is 4.01. The van der Waals surface area contributed by atoms with E-state index in [9.17, 15) is 20.4 Å². The maximum atomic E-state index is 10.7. The Bertz CT molecular complexity index is 498. The van der Waals surface area contributed by atoms with E-state index >= 15 is 0 Å². The number of allylic oxidation sites excluding steroid dienone is 2. The molecule has 0 aliphatic carbocycles. The molecule has 6 atom stereocenters. The molecule has 0 saturated carbocycles. The molecule has 24 heavy (non-hydrogen) atoms. The van der Waals surface area contributed by atoms with Crippen LogP contribution in [0.15, 0.2) is 23.3 Å². The van der Waals surface area contributed by atoms with Crippen molar-refractivity contribution in [2.45, 2.75) is 76.9 Å². The third-order valence-electron chi connectivity index (χ3n) is 5.56. The number of nitrogens with zero attached hydrogens (tertiary/aromatic N) is 1. The topological polar surface area (TPSA) is 84.2 Å². The second-order valence-electron chi connectivity index (χ2n) is 7.85. The van der Waals surface area contributed by atoms with Crippen LogP contribution in [0.1, 0.15) is 47.0 Å². The van der Waals surface area contributed by atoms with Gasteiger partial charge in [-0.3, -0.25) is 4.90 Å². The molecule has 2 aliphatic heterocycles. The molecule has 2 fully saturated rings. The van der Waals surface area contributed by atoms with Crippen molar-refractivity contribution in [1.82, 2.24) is 4.90 Å². The lowest BCUT2D eigenvalue weighted by molar-refractivity contribution is -0.110. The van der Waals surface area contributed by atoms with Crippen molar-refractivity contribution in [1.29, 1.82) is 0 Å². The van der Waals surface area contributed by atoms with E-state index in [4.69, 9.17) is 0 Å². The highest BCUT2D eigenvalue weighted by molar-refractivity contribution is 5.24. The molecule has 4 N–H and O–H groups in total. The molecule has 0 aromatic rings. The standard InChI is InChI=1S/C19H33NO4/c1-12(7-8-13(2)17(22)14(3)21)10-15-11-20-9-5-6-16(20)19(4,24)18(15)23/h8,10,12,14,16-18,21-24H,5-7,9,11H2,1-4H3/b13-8+,15-10+/t12-,14-,16+,17-,18+,19+/m0/s1. The molecule has 0 radical (unpaired) electrons. The van der Waals surface area contributed by atoms with Gasteiger partial charge in [-0.2, -0.15) is 0 Å². The van der Waals surface area contributed by atoms with Crippen LogP contribution in [0.4, 0.5) is 0 Å². The summed E-state index contributed by atoms with van der Waals surface area (Å²) in [4.78, 5) is 2.27. The molecular weight excluding hydrogens is 306 g/mol. The van der Waals surface area contributed by atoms with Gasteiger partial charge in [-0.05, 0) is 63.6 Å². The van der Waals surface area contributed by atoms with Gasteiger partial charge in [0.05, 0.1) is 6.10 Å². The van der Waals surface area contributed by atoms with E-state index in [1.165, 1.54) is 0 Å². The van der Waals surface area contributed by atoms with Gasteiger partial charge in [0.15, 0.2) is 0 Å². The number of piperidine rings is 1. The molecule has 0 bridgehead atoms. The van der Waals surface area contributed by atoms with Gasteiger partial charge >= 0.3 is 0 Å². The summed E-state index contributed by atoms with van der Waals surface area (Å²) in [7, 11) is 0. The number of aliphatic hydroxyl groups is 4. The molecule has 2 aliphatic rings. The summed E-state index contributed by atoms with van der Waals surface area (Å²) in [6.45, 7) is 8.86. The highest BCUT2D eigenvalue weighted by atomic mass is 16.3. The largest absolute Gasteiger partial charge is 0.390 e. The molecule has 0 aromatic heterocycles. The minimum atomic E-state index is -1.10. The Labute approximate surface area is 145 Å². The second kappa shape index (κ2) is 7.67. The fraction of sp³-hybridized carbons (Fsp3) is 0.789. The Morgan fingerprint density at radius 2 is 2.04 bits per heavy atom. The van der Waals surface area contributed by atoms with Crippen LogP contribution in [0.5, 0.6) is 0 Å². The summed E-state index contributed by atoms with van der Waals surface area (Å²) in [5, 5.41) is 40.6. The van der Waals surface area contributed by atoms with Gasteiger partial charge in [0, 0.05) is 12.6 Å². The van der Waals surface area contributed by atoms with Crippen LogP contribution >= 0.6 is 0 Å². The maximum absolute atomic E-state index is 10.7. The molecule has 0 spiro atoms. The van der Waals surface area contributed by atoms with Crippen LogP contribution in [-0.4, -0.2) is 68.4 Å². The van der Waals surface area contributed by atoms with Crippen LogP contribution in [0.3, 0.4) is 0 Å². The van der Waals surface area contributed by atoms with Crippen LogP contribution in [0, 0.1) is 5.92 Å². The Balaban J connectivity index is 2.05. The lowest BCUT2D eigenvalue weighted by Crippen LogP contribution is -2.61. The first kappa shape index (κ1) is 19.6. The van der Waals surface area contributed by atoms with E-state index in [1.54, 1.807) is 13.8 Å². The fourth-order valence-corrected chi connectivity index (χ4v) is 4.01. The average molecular weight is 339 g/mol. The number of aliphatic hydroxyl groups excluding tert-OH is 3. The van der Waals surface area contributed by atoms with E-state index < -0.39 is 23.9 Å². The summed E-state index contributed by atoms with van der Waals surface area (Å²) in [6, 6.07) is 0.0447. The van der Waals surface area contributed by atoms with Crippen LogP contribution in [-0.2, 0) is 0 Å². The van der Waals surface area contributed by atoms with Crippen molar-refractivity contribution in [3.8, 4) is 0 Å². The van der Waals surface area contributed by atoms with Gasteiger partial charge < -0.3 is 20.4 Å². The number of hydrogen-bond acceptors (Lipinski definition) is 5. The number of rotatable bonds is 5. The molecule has 2 saturated heterocycles. The smallest absolute Gasteiger partial charge is 0.107 e. The van der Waals surface area contributed by atoms with E-state index in [-0.39, 0.29) is 12.0 Å². The van der Waals surface area contributed by atoms with E-state index in [2.05, 4.69) is 11.8 Å². The first-order valence-corrected chi connectivity index (χ1v) is 9.02. The lowest BCUT2D eigenvalue weighted by atomic mass is 9.80. The summed E-state index contributed by atoms with van der Waals surface area (Å²) in [5.74, 6) is 0.181. The molecule has 0 aromatic carbocycles. The number of fused-ring (bicyclic) bond motifs is 1. The molecular formula is C19H33NO4. The van der Waals surface area contributed by atoms with E-state index in [1.807, 2.05) is 19.1 Å². The molecule has 5 nitrogen and oxygen atoms in total. The normalized spacial score (nSPS) is 37.3. The summed E-state index contributed by atoms with van der Waals surface area (Å²) < 4.78 is 0. The highest BCUT2D eigenvalue weighted by Gasteiger charge is 2.49. The van der Waals surface area contributed by atoms with Crippen molar-refractivity contribution >= 4 is 0 Å². The molecule has 2 rings (SSSR count). The second-order valence-corrected chi connectivity index (χ2v) is 7.85. The van der Waals surface area contributed by atoms with Crippen LogP contribution in [0.2, 0.25) is 0 Å². The average Bonchev–Trinajstić information content (AvgIpc) is 2.98. The quantitative estimate of drug-likeness (QED) is 0.566. The zero-order chi connectivity index (χ0) is 18.1. The first-order chi connectivity index (χ1) is 11.1. The van der Waals surface area contributed by atoms with E-state index in [0.29, 0.717) is 6.54 Å². The lowest BCUT2D eigenvalue weighted by Gasteiger charge is -2.46. The van der Waals surface area contributed by atoms with Gasteiger partial charge in [0.25, 0.3) is 0 Å². The summed E-state index contributed by atoms with van der Waals surface area (Å²) in [6.07, 6.45) is 4.26. The van der Waals surface area contributed by atoms with Crippen LogP contribution in [0.25, 0.3) is 0 Å². The molecule has 5 heteroatoms. The summed E-state index contributed by atoms with van der Waals surface area (Å²) >= 11 is 0. The minimum absolute atomic E-state index is 0.0447. The molecule has 0 unspecified atom stereocenters. The predicted octanol–water partition coefficient (Wildman–Crippen LogP) is 1.22. The molecule has 0 amide bonds. The Morgan fingerprint density at radius 1 is 1.38 bits per heavy atom. The Morgan fingerprint density at radius 3 is 2.67 bits per heavy atom. The van der Waals surface area contributed by atoms with Gasteiger partial charge in [0.1, 0.15) is 17.8 Å².